The first-order valence-corrected chi connectivity index (χ1v) is 5.84. The van der Waals surface area contributed by atoms with Crippen molar-refractivity contribution in [2.24, 2.45) is 0 Å². The lowest BCUT2D eigenvalue weighted by Gasteiger charge is -2.04. The van der Waals surface area contributed by atoms with E-state index in [1.54, 1.807) is 24.3 Å². The fourth-order valence-electron chi connectivity index (χ4n) is 1.94. The third kappa shape index (κ3) is 1.79. The van der Waals surface area contributed by atoms with Gasteiger partial charge in [0.25, 0.3) is 0 Å². The monoisotopic (exact) mass is 277 g/mol. The van der Waals surface area contributed by atoms with Crippen LogP contribution in [0.4, 0.5) is 16.0 Å². The van der Waals surface area contributed by atoms with Gasteiger partial charge in [0.1, 0.15) is 11.4 Å². The van der Waals surface area contributed by atoms with Gasteiger partial charge in [-0.05, 0) is 6.07 Å². The number of anilines is 2. The van der Waals surface area contributed by atoms with Gasteiger partial charge in [-0.1, -0.05) is 29.8 Å². The molecular weight excluding hydrogens is 269 g/mol. The largest absolute Gasteiger partial charge is 0.436 e. The highest BCUT2D eigenvalue weighted by Crippen LogP contribution is 2.38. The highest BCUT2D eigenvalue weighted by atomic mass is 35.5. The maximum Gasteiger partial charge on any atom is 0.214 e. The van der Waals surface area contributed by atoms with E-state index in [0.29, 0.717) is 21.6 Å². The maximum atomic E-state index is 13.6. The Kier molecular flexibility index (Phi) is 2.57. The Bertz CT molecular complexity index is 785. The van der Waals surface area contributed by atoms with E-state index in [9.17, 15) is 4.39 Å². The second-order valence-electron chi connectivity index (χ2n) is 4.03. The summed E-state index contributed by atoms with van der Waals surface area (Å²) in [4.78, 5) is 3.83. The van der Waals surface area contributed by atoms with Gasteiger partial charge in [-0.3, -0.25) is 0 Å². The second kappa shape index (κ2) is 4.13. The van der Waals surface area contributed by atoms with E-state index in [2.05, 4.69) is 4.98 Å². The molecule has 2 aromatic heterocycles. The van der Waals surface area contributed by atoms with E-state index in [0.717, 1.165) is 0 Å². The Hall–Kier alpha value is -2.27. The fourth-order valence-corrected chi connectivity index (χ4v) is 2.16. The molecule has 0 atom stereocenters. The Morgan fingerprint density at radius 1 is 1.21 bits per heavy atom. The Morgan fingerprint density at radius 2 is 1.95 bits per heavy atom. The number of aromatic nitrogens is 1. The summed E-state index contributed by atoms with van der Waals surface area (Å²) in [5.41, 5.74) is 12.7. The number of fused-ring (bicyclic) bond motifs is 1. The number of furan rings is 1. The Balaban J connectivity index is 2.41. The van der Waals surface area contributed by atoms with Crippen molar-refractivity contribution < 1.29 is 8.81 Å². The van der Waals surface area contributed by atoms with Crippen LogP contribution in [0.5, 0.6) is 0 Å². The van der Waals surface area contributed by atoms with Crippen LogP contribution < -0.4 is 11.5 Å². The molecule has 0 bridgehead atoms. The first-order chi connectivity index (χ1) is 9.08. The zero-order chi connectivity index (χ0) is 13.6. The molecule has 96 valence electrons. The van der Waals surface area contributed by atoms with Gasteiger partial charge in [0.15, 0.2) is 5.58 Å². The van der Waals surface area contributed by atoms with E-state index < -0.39 is 5.95 Å². The highest BCUT2D eigenvalue weighted by molar-refractivity contribution is 6.33. The van der Waals surface area contributed by atoms with Gasteiger partial charge >= 0.3 is 0 Å². The van der Waals surface area contributed by atoms with Crippen LogP contribution in [0.15, 0.2) is 34.7 Å². The summed E-state index contributed by atoms with van der Waals surface area (Å²) >= 11 is 6.09. The molecule has 0 aliphatic heterocycles. The average Bonchev–Trinajstić information content (AvgIpc) is 2.66. The van der Waals surface area contributed by atoms with Crippen molar-refractivity contribution >= 4 is 34.1 Å². The van der Waals surface area contributed by atoms with Gasteiger partial charge in [0.05, 0.1) is 10.4 Å². The van der Waals surface area contributed by atoms with E-state index in [1.807, 2.05) is 0 Å². The van der Waals surface area contributed by atoms with E-state index in [-0.39, 0.29) is 17.3 Å². The number of nitrogens with zero attached hydrogens (tertiary/aromatic N) is 1. The molecule has 19 heavy (non-hydrogen) atoms. The molecule has 2 heterocycles. The van der Waals surface area contributed by atoms with Crippen LogP contribution in [0, 0.1) is 5.95 Å². The fraction of sp³-hybridized carbons (Fsp3) is 0. The van der Waals surface area contributed by atoms with Crippen molar-refractivity contribution in [2.75, 3.05) is 11.5 Å². The number of hydrogen-bond acceptors (Lipinski definition) is 4. The SMILES string of the molecule is Nc1oc2c(-c3ccccc3Cl)nc(F)cc2c1N. The van der Waals surface area contributed by atoms with Crippen LogP contribution in [-0.4, -0.2) is 4.98 Å². The number of pyridine rings is 1. The quantitative estimate of drug-likeness (QED) is 0.668. The van der Waals surface area contributed by atoms with Crippen LogP contribution in [0.25, 0.3) is 22.2 Å². The number of rotatable bonds is 1. The molecular formula is C13H9ClFN3O. The van der Waals surface area contributed by atoms with Crippen molar-refractivity contribution in [3.63, 3.8) is 0 Å². The zero-order valence-corrected chi connectivity index (χ0v) is 10.4. The number of hydrogen-bond donors (Lipinski definition) is 2. The standard InChI is InChI=1S/C13H9ClFN3O/c14-8-4-2-1-3-6(8)11-12-7(5-9(15)18-11)10(16)13(17)19-12/h1-5H,16-17H2. The highest BCUT2D eigenvalue weighted by Gasteiger charge is 2.18. The van der Waals surface area contributed by atoms with Crippen molar-refractivity contribution in [3.05, 3.63) is 41.3 Å². The zero-order valence-electron chi connectivity index (χ0n) is 9.65. The van der Waals surface area contributed by atoms with Gasteiger partial charge in [0.2, 0.25) is 11.8 Å². The molecule has 1 aromatic carbocycles. The van der Waals surface area contributed by atoms with E-state index in [4.69, 9.17) is 27.5 Å². The molecule has 3 rings (SSSR count). The first-order valence-electron chi connectivity index (χ1n) is 5.47. The van der Waals surface area contributed by atoms with E-state index in [1.165, 1.54) is 6.07 Å². The van der Waals surface area contributed by atoms with Gasteiger partial charge in [0, 0.05) is 11.6 Å². The lowest BCUT2D eigenvalue weighted by Crippen LogP contribution is -1.91. The second-order valence-corrected chi connectivity index (χ2v) is 4.44. The third-order valence-electron chi connectivity index (χ3n) is 2.84. The third-order valence-corrected chi connectivity index (χ3v) is 3.17. The van der Waals surface area contributed by atoms with Gasteiger partial charge in [-0.2, -0.15) is 4.39 Å². The number of halogens is 2. The molecule has 0 radical (unpaired) electrons. The van der Waals surface area contributed by atoms with Gasteiger partial charge in [-0.25, -0.2) is 4.98 Å². The smallest absolute Gasteiger partial charge is 0.214 e. The minimum atomic E-state index is -0.671. The predicted octanol–water partition coefficient (Wildman–Crippen LogP) is 3.45. The van der Waals surface area contributed by atoms with Crippen LogP contribution in [0.1, 0.15) is 0 Å². The van der Waals surface area contributed by atoms with Crippen LogP contribution in [0.2, 0.25) is 5.02 Å². The molecule has 4 nitrogen and oxygen atoms in total. The van der Waals surface area contributed by atoms with Crippen LogP contribution in [0.3, 0.4) is 0 Å². The van der Waals surface area contributed by atoms with E-state index >= 15 is 0 Å². The Labute approximate surface area is 112 Å². The van der Waals surface area contributed by atoms with Crippen molar-refractivity contribution in [3.8, 4) is 11.3 Å². The minimum absolute atomic E-state index is 0.0377. The molecule has 0 spiro atoms. The summed E-state index contributed by atoms with van der Waals surface area (Å²) in [6.45, 7) is 0. The van der Waals surface area contributed by atoms with Gasteiger partial charge < -0.3 is 15.9 Å². The molecule has 0 aliphatic rings. The van der Waals surface area contributed by atoms with Crippen molar-refractivity contribution in [1.82, 2.24) is 4.98 Å². The molecule has 0 unspecified atom stereocenters. The minimum Gasteiger partial charge on any atom is -0.436 e. The average molecular weight is 278 g/mol. The summed E-state index contributed by atoms with van der Waals surface area (Å²) in [5.74, 6) is -0.634. The molecule has 0 saturated carbocycles. The summed E-state index contributed by atoms with van der Waals surface area (Å²) < 4.78 is 19.0. The lowest BCUT2D eigenvalue weighted by atomic mass is 10.1. The molecule has 0 fully saturated rings. The van der Waals surface area contributed by atoms with Gasteiger partial charge in [-0.15, -0.1) is 0 Å². The molecule has 0 amide bonds. The molecule has 6 heteroatoms. The lowest BCUT2D eigenvalue weighted by molar-refractivity contribution is 0.582. The van der Waals surface area contributed by atoms with Crippen molar-refractivity contribution in [1.29, 1.82) is 0 Å². The summed E-state index contributed by atoms with van der Waals surface area (Å²) in [6.07, 6.45) is 0. The predicted molar refractivity (Wildman–Crippen MR) is 73.2 cm³/mol. The van der Waals surface area contributed by atoms with Crippen LogP contribution >= 0.6 is 11.6 Å². The summed E-state index contributed by atoms with van der Waals surface area (Å²) in [7, 11) is 0. The first kappa shape index (κ1) is 11.8. The summed E-state index contributed by atoms with van der Waals surface area (Å²) in [6, 6.07) is 8.14. The summed E-state index contributed by atoms with van der Waals surface area (Å²) in [5, 5.41) is 0.829. The molecule has 4 N–H and O–H groups in total. The maximum absolute atomic E-state index is 13.6. The molecule has 0 aliphatic carbocycles. The topological polar surface area (TPSA) is 78.1 Å². The number of benzene rings is 1. The van der Waals surface area contributed by atoms with Crippen LogP contribution in [-0.2, 0) is 0 Å². The Morgan fingerprint density at radius 3 is 2.68 bits per heavy atom. The number of nitrogens with two attached hydrogens (primary N) is 2. The molecule has 0 saturated heterocycles. The molecule has 3 aromatic rings. The van der Waals surface area contributed by atoms with Crippen molar-refractivity contribution in [2.45, 2.75) is 0 Å². The normalized spacial score (nSPS) is 11.1. The number of nitrogen functional groups attached to an aromatic ring is 2.